The van der Waals surface area contributed by atoms with Crippen LogP contribution in [-0.4, -0.2) is 26.0 Å². The number of anilines is 2. The Morgan fingerprint density at radius 2 is 1.43 bits per heavy atom. The minimum atomic E-state index is -0.393. The quantitative estimate of drug-likeness (QED) is 0.139. The van der Waals surface area contributed by atoms with E-state index in [2.05, 4.69) is 17.2 Å². The summed E-state index contributed by atoms with van der Waals surface area (Å²) in [4.78, 5) is 26.0. The van der Waals surface area contributed by atoms with Crippen molar-refractivity contribution >= 4 is 34.7 Å². The van der Waals surface area contributed by atoms with Gasteiger partial charge in [-0.1, -0.05) is 67.2 Å². The molecule has 7 heteroatoms. The van der Waals surface area contributed by atoms with Crippen molar-refractivity contribution in [2.24, 2.45) is 0 Å². The third-order valence-electron chi connectivity index (χ3n) is 6.57. The van der Waals surface area contributed by atoms with Crippen molar-refractivity contribution in [3.05, 3.63) is 132 Å². The number of amides is 2. The molecule has 0 atom stereocenters. The van der Waals surface area contributed by atoms with E-state index in [-0.39, 0.29) is 5.91 Å². The van der Waals surface area contributed by atoms with Gasteiger partial charge in [-0.3, -0.25) is 9.59 Å². The predicted molar refractivity (Wildman–Crippen MR) is 167 cm³/mol. The van der Waals surface area contributed by atoms with Crippen LogP contribution >= 0.6 is 0 Å². The van der Waals surface area contributed by atoms with E-state index in [0.29, 0.717) is 58.4 Å². The van der Waals surface area contributed by atoms with Crippen molar-refractivity contribution in [2.75, 3.05) is 24.9 Å². The van der Waals surface area contributed by atoms with Crippen molar-refractivity contribution < 1.29 is 23.8 Å². The highest BCUT2D eigenvalue weighted by Gasteiger charge is 2.19. The first-order chi connectivity index (χ1) is 20.4. The fourth-order valence-electron chi connectivity index (χ4n) is 4.22. The third kappa shape index (κ3) is 7.88. The summed E-state index contributed by atoms with van der Waals surface area (Å²) in [5.41, 5.74) is 3.93. The smallest absolute Gasteiger partial charge is 0.255 e. The molecule has 0 spiro atoms. The Balaban J connectivity index is 1.57. The van der Waals surface area contributed by atoms with E-state index in [1.165, 1.54) is 7.11 Å². The van der Waals surface area contributed by atoms with Crippen LogP contribution < -0.4 is 20.1 Å². The van der Waals surface area contributed by atoms with Crippen LogP contribution in [0.25, 0.3) is 11.5 Å². The number of hydrogen-bond donors (Lipinski definition) is 2. The molecule has 0 heterocycles. The molecular weight excluding hydrogens is 528 g/mol. The molecule has 0 bridgehead atoms. The number of aryl methyl sites for hydroxylation is 1. The summed E-state index contributed by atoms with van der Waals surface area (Å²) >= 11 is 0. The van der Waals surface area contributed by atoms with Gasteiger partial charge in [0.1, 0.15) is 23.0 Å². The fraction of sp³-hybridized carbons (Fsp3) is 0.143. The van der Waals surface area contributed by atoms with Gasteiger partial charge >= 0.3 is 0 Å². The minimum Gasteiger partial charge on any atom is -0.497 e. The van der Waals surface area contributed by atoms with Gasteiger partial charge in [0, 0.05) is 29.3 Å². The third-order valence-corrected chi connectivity index (χ3v) is 6.57. The lowest BCUT2D eigenvalue weighted by atomic mass is 10.1. The zero-order chi connectivity index (χ0) is 29.9. The van der Waals surface area contributed by atoms with Gasteiger partial charge in [-0.25, -0.2) is 0 Å². The topological polar surface area (TPSA) is 85.9 Å². The Morgan fingerprint density at radius 3 is 2.07 bits per heavy atom. The molecule has 0 unspecified atom stereocenters. The Bertz CT molecular complexity index is 1560. The molecule has 0 fully saturated rings. The maximum atomic E-state index is 13.5. The summed E-state index contributed by atoms with van der Waals surface area (Å²) in [6, 6.07) is 31.6. The van der Waals surface area contributed by atoms with Gasteiger partial charge in [-0.2, -0.15) is 0 Å². The number of carbonyl (C=O) groups is 2. The van der Waals surface area contributed by atoms with Crippen LogP contribution in [-0.2, 0) is 20.7 Å². The van der Waals surface area contributed by atoms with Crippen molar-refractivity contribution in [3.8, 4) is 11.5 Å². The molecule has 42 heavy (non-hydrogen) atoms. The predicted octanol–water partition coefficient (Wildman–Crippen LogP) is 7.33. The van der Waals surface area contributed by atoms with Crippen molar-refractivity contribution in [1.29, 1.82) is 0 Å². The highest BCUT2D eigenvalue weighted by molar-refractivity contribution is 6.08. The molecule has 0 aliphatic heterocycles. The average Bonchev–Trinajstić information content (AvgIpc) is 3.03. The lowest BCUT2D eigenvalue weighted by Crippen LogP contribution is -2.16. The number of carbonyl (C=O) groups excluding carboxylic acids is 2. The van der Waals surface area contributed by atoms with Crippen LogP contribution in [0.2, 0.25) is 0 Å². The van der Waals surface area contributed by atoms with Gasteiger partial charge in [0.05, 0.1) is 25.5 Å². The van der Waals surface area contributed by atoms with Gasteiger partial charge in [-0.05, 0) is 55.3 Å². The number of rotatable bonds is 12. The molecule has 0 aliphatic rings. The second-order valence-electron chi connectivity index (χ2n) is 9.48. The molecule has 0 saturated heterocycles. The molecule has 2 amide bonds. The summed E-state index contributed by atoms with van der Waals surface area (Å²) in [5.74, 6) is 1.29. The molecule has 7 nitrogen and oxygen atoms in total. The van der Waals surface area contributed by atoms with Crippen molar-refractivity contribution in [2.45, 2.75) is 19.8 Å². The summed E-state index contributed by atoms with van der Waals surface area (Å²) < 4.78 is 17.0. The lowest BCUT2D eigenvalue weighted by Gasteiger charge is -2.17. The van der Waals surface area contributed by atoms with E-state index in [0.717, 1.165) is 11.1 Å². The average molecular weight is 563 g/mol. The van der Waals surface area contributed by atoms with Crippen LogP contribution in [0.1, 0.15) is 30.0 Å². The standard InChI is InChI=1S/C35H34N2O5/c1-24(35(39)37-31-23-30(40-3)20-21-32(31)41-4)34(42-25(2)27-13-9-6-10-14-27)28-16-18-29(19-17-28)36-33(38)22-15-26-11-7-5-8-12-26/h5-14,16-21,23H,2,15,22H2,1,3-4H3,(H,36,38)(H,37,39)/b34-24+. The Kier molecular flexibility index (Phi) is 10.2. The first kappa shape index (κ1) is 29.7. The molecule has 0 aliphatic carbocycles. The van der Waals surface area contributed by atoms with Crippen LogP contribution in [0, 0.1) is 0 Å². The monoisotopic (exact) mass is 562 g/mol. The first-order valence-electron chi connectivity index (χ1n) is 13.5. The van der Waals surface area contributed by atoms with Crippen molar-refractivity contribution in [1.82, 2.24) is 0 Å². The second kappa shape index (κ2) is 14.4. The van der Waals surface area contributed by atoms with Crippen LogP contribution in [0.4, 0.5) is 11.4 Å². The number of benzene rings is 4. The fourth-order valence-corrected chi connectivity index (χ4v) is 4.22. The molecule has 0 radical (unpaired) electrons. The minimum absolute atomic E-state index is 0.0844. The molecule has 0 aromatic heterocycles. The summed E-state index contributed by atoms with van der Waals surface area (Å²) in [6.07, 6.45) is 1.02. The van der Waals surface area contributed by atoms with E-state index < -0.39 is 5.91 Å². The van der Waals surface area contributed by atoms with Gasteiger partial charge in [0.2, 0.25) is 5.91 Å². The van der Waals surface area contributed by atoms with E-state index in [1.807, 2.05) is 60.7 Å². The zero-order valence-corrected chi connectivity index (χ0v) is 24.0. The first-order valence-corrected chi connectivity index (χ1v) is 13.5. The van der Waals surface area contributed by atoms with E-state index in [1.54, 1.807) is 56.5 Å². The number of nitrogens with one attached hydrogen (secondary N) is 2. The highest BCUT2D eigenvalue weighted by Crippen LogP contribution is 2.32. The summed E-state index contributed by atoms with van der Waals surface area (Å²) in [5, 5.41) is 5.83. The summed E-state index contributed by atoms with van der Waals surface area (Å²) in [7, 11) is 3.08. The molecule has 0 saturated carbocycles. The normalized spacial score (nSPS) is 11.1. The molecule has 2 N–H and O–H groups in total. The number of ether oxygens (including phenoxy) is 3. The van der Waals surface area contributed by atoms with E-state index >= 15 is 0 Å². The Morgan fingerprint density at radius 1 is 0.762 bits per heavy atom. The van der Waals surface area contributed by atoms with Gasteiger partial charge in [0.15, 0.2) is 0 Å². The maximum absolute atomic E-state index is 13.5. The van der Waals surface area contributed by atoms with Gasteiger partial charge < -0.3 is 24.8 Å². The highest BCUT2D eigenvalue weighted by atomic mass is 16.5. The van der Waals surface area contributed by atoms with Crippen LogP contribution in [0.3, 0.4) is 0 Å². The van der Waals surface area contributed by atoms with Crippen LogP contribution in [0.5, 0.6) is 11.5 Å². The zero-order valence-electron chi connectivity index (χ0n) is 24.0. The summed E-state index contributed by atoms with van der Waals surface area (Å²) in [6.45, 7) is 5.76. The van der Waals surface area contributed by atoms with E-state index in [9.17, 15) is 9.59 Å². The second-order valence-corrected chi connectivity index (χ2v) is 9.48. The van der Waals surface area contributed by atoms with Gasteiger partial charge in [0.25, 0.3) is 5.91 Å². The molecule has 214 valence electrons. The Labute approximate surface area is 246 Å². The largest absolute Gasteiger partial charge is 0.497 e. The van der Waals surface area contributed by atoms with Crippen LogP contribution in [0.15, 0.2) is 115 Å². The van der Waals surface area contributed by atoms with Crippen molar-refractivity contribution in [3.63, 3.8) is 0 Å². The lowest BCUT2D eigenvalue weighted by molar-refractivity contribution is -0.116. The van der Waals surface area contributed by atoms with E-state index in [4.69, 9.17) is 14.2 Å². The Hall–Kier alpha value is -5.30. The molecular formula is C35H34N2O5. The molecule has 4 aromatic carbocycles. The maximum Gasteiger partial charge on any atom is 0.255 e. The van der Waals surface area contributed by atoms with Gasteiger partial charge in [-0.15, -0.1) is 0 Å². The SMILES string of the molecule is C=C(O/C(=C(\C)C(=O)Nc1cc(OC)ccc1OC)c1ccc(NC(=O)CCc2ccccc2)cc1)c1ccccc1. The molecule has 4 rings (SSSR count). The number of methoxy groups -OCH3 is 2. The molecule has 4 aromatic rings. The number of hydrogen-bond acceptors (Lipinski definition) is 5.